The molecule has 0 N–H and O–H groups in total. The lowest BCUT2D eigenvalue weighted by atomic mass is 9.94. The first-order valence-corrected chi connectivity index (χ1v) is 5.99. The molecule has 1 saturated heterocycles. The van der Waals surface area contributed by atoms with E-state index in [9.17, 15) is 0 Å². The van der Waals surface area contributed by atoms with Crippen LogP contribution in [0, 0.1) is 5.92 Å². The molecule has 0 radical (unpaired) electrons. The van der Waals surface area contributed by atoms with Crippen molar-refractivity contribution in [3.63, 3.8) is 0 Å². The van der Waals surface area contributed by atoms with Crippen LogP contribution in [-0.4, -0.2) is 13.2 Å². The average Bonchev–Trinajstić information content (AvgIpc) is 2.77. The Bertz CT molecular complexity index is 314. The Balaban J connectivity index is 2.22. The van der Waals surface area contributed by atoms with Gasteiger partial charge in [0.15, 0.2) is 0 Å². The Morgan fingerprint density at radius 2 is 2.40 bits per heavy atom. The minimum absolute atomic E-state index is 0.320. The molecule has 0 amide bonds. The van der Waals surface area contributed by atoms with Crippen molar-refractivity contribution in [2.45, 2.75) is 25.7 Å². The molecule has 0 aromatic heterocycles. The molecule has 0 saturated carbocycles. The highest BCUT2D eigenvalue weighted by Crippen LogP contribution is 2.34. The van der Waals surface area contributed by atoms with Gasteiger partial charge in [0.05, 0.1) is 13.2 Å². The smallest absolute Gasteiger partial charge is 0.0701 e. The lowest BCUT2D eigenvalue weighted by molar-refractivity contribution is 0.195. The SMILES string of the molecule is C=CC1COC/C1=C(/Cl)C1=CCCCC1. The van der Waals surface area contributed by atoms with E-state index in [-0.39, 0.29) is 0 Å². The van der Waals surface area contributed by atoms with E-state index in [1.807, 2.05) is 6.08 Å². The molecule has 1 unspecified atom stereocenters. The maximum absolute atomic E-state index is 6.42. The van der Waals surface area contributed by atoms with E-state index in [1.165, 1.54) is 30.4 Å². The Labute approximate surface area is 96.5 Å². The largest absolute Gasteiger partial charge is 0.376 e. The van der Waals surface area contributed by atoms with Gasteiger partial charge in [0, 0.05) is 11.0 Å². The van der Waals surface area contributed by atoms with Gasteiger partial charge < -0.3 is 4.74 Å². The maximum atomic E-state index is 6.42. The van der Waals surface area contributed by atoms with E-state index < -0.39 is 0 Å². The molecule has 1 aliphatic carbocycles. The van der Waals surface area contributed by atoms with Crippen molar-refractivity contribution in [2.24, 2.45) is 5.92 Å². The fourth-order valence-corrected chi connectivity index (χ4v) is 2.55. The predicted octanol–water partition coefficient (Wildman–Crippen LogP) is 3.81. The van der Waals surface area contributed by atoms with E-state index in [0.29, 0.717) is 12.5 Å². The average molecular weight is 225 g/mol. The first-order valence-electron chi connectivity index (χ1n) is 5.61. The van der Waals surface area contributed by atoms with Crippen molar-refractivity contribution in [3.05, 3.63) is 34.9 Å². The molecule has 2 heteroatoms. The van der Waals surface area contributed by atoms with Crippen LogP contribution in [-0.2, 0) is 4.74 Å². The summed E-state index contributed by atoms with van der Waals surface area (Å²) in [6, 6.07) is 0. The first kappa shape index (κ1) is 11.0. The van der Waals surface area contributed by atoms with Gasteiger partial charge in [-0.25, -0.2) is 0 Å². The third-order valence-electron chi connectivity index (χ3n) is 3.14. The van der Waals surface area contributed by atoms with E-state index >= 15 is 0 Å². The second-order valence-electron chi connectivity index (χ2n) is 4.17. The summed E-state index contributed by atoms with van der Waals surface area (Å²) in [7, 11) is 0. The molecule has 1 heterocycles. The zero-order chi connectivity index (χ0) is 10.7. The lowest BCUT2D eigenvalue weighted by Gasteiger charge is -2.15. The summed E-state index contributed by atoms with van der Waals surface area (Å²) in [6.45, 7) is 5.24. The Morgan fingerprint density at radius 3 is 3.07 bits per heavy atom. The van der Waals surface area contributed by atoms with Crippen LogP contribution in [0.3, 0.4) is 0 Å². The van der Waals surface area contributed by atoms with Crippen LogP contribution in [0.25, 0.3) is 0 Å². The maximum Gasteiger partial charge on any atom is 0.0701 e. The van der Waals surface area contributed by atoms with Crippen molar-refractivity contribution < 1.29 is 4.74 Å². The van der Waals surface area contributed by atoms with Gasteiger partial charge in [-0.2, -0.15) is 0 Å². The Morgan fingerprint density at radius 1 is 1.53 bits per heavy atom. The number of hydrogen-bond acceptors (Lipinski definition) is 1. The highest BCUT2D eigenvalue weighted by atomic mass is 35.5. The molecule has 1 aliphatic heterocycles. The number of allylic oxidation sites excluding steroid dienone is 3. The summed E-state index contributed by atoms with van der Waals surface area (Å²) < 4.78 is 5.43. The Hall–Kier alpha value is -0.530. The van der Waals surface area contributed by atoms with Crippen LogP contribution in [0.4, 0.5) is 0 Å². The second kappa shape index (κ2) is 5.00. The standard InChI is InChI=1S/C13H17ClO/c1-2-10-8-15-9-12(10)13(14)11-6-4-3-5-7-11/h2,6,10H,1,3-5,7-9H2/b13-12-. The molecule has 82 valence electrons. The van der Waals surface area contributed by atoms with Crippen LogP contribution in [0.15, 0.2) is 34.9 Å². The molecule has 1 atom stereocenters. The van der Waals surface area contributed by atoms with Crippen molar-refractivity contribution in [1.82, 2.24) is 0 Å². The van der Waals surface area contributed by atoms with Crippen LogP contribution in [0.1, 0.15) is 25.7 Å². The zero-order valence-electron chi connectivity index (χ0n) is 8.97. The van der Waals surface area contributed by atoms with Crippen molar-refractivity contribution in [3.8, 4) is 0 Å². The number of rotatable bonds is 2. The van der Waals surface area contributed by atoms with Gasteiger partial charge in [-0.1, -0.05) is 23.8 Å². The van der Waals surface area contributed by atoms with E-state index in [4.69, 9.17) is 16.3 Å². The third-order valence-corrected chi connectivity index (χ3v) is 3.63. The summed E-state index contributed by atoms with van der Waals surface area (Å²) >= 11 is 6.42. The topological polar surface area (TPSA) is 9.23 Å². The second-order valence-corrected chi connectivity index (χ2v) is 4.55. The highest BCUT2D eigenvalue weighted by molar-refractivity contribution is 6.32. The molecule has 2 aliphatic rings. The van der Waals surface area contributed by atoms with E-state index in [1.54, 1.807) is 0 Å². The quantitative estimate of drug-likeness (QED) is 0.648. The summed E-state index contributed by atoms with van der Waals surface area (Å²) in [5.74, 6) is 0.320. The fraction of sp³-hybridized carbons (Fsp3) is 0.538. The Kier molecular flexibility index (Phi) is 3.66. The summed E-state index contributed by atoms with van der Waals surface area (Å²) in [4.78, 5) is 0. The fourth-order valence-electron chi connectivity index (χ4n) is 2.18. The van der Waals surface area contributed by atoms with Gasteiger partial charge in [-0.15, -0.1) is 6.58 Å². The monoisotopic (exact) mass is 224 g/mol. The summed E-state index contributed by atoms with van der Waals surface area (Å²) in [6.07, 6.45) is 9.05. The van der Waals surface area contributed by atoms with Crippen LogP contribution >= 0.6 is 11.6 Å². The normalized spacial score (nSPS) is 29.9. The number of hydrogen-bond donors (Lipinski definition) is 0. The number of halogens is 1. The molecule has 0 spiro atoms. The van der Waals surface area contributed by atoms with Gasteiger partial charge in [0.1, 0.15) is 0 Å². The minimum atomic E-state index is 0.320. The molecule has 2 rings (SSSR count). The molecule has 15 heavy (non-hydrogen) atoms. The third kappa shape index (κ3) is 2.35. The van der Waals surface area contributed by atoms with Crippen molar-refractivity contribution in [1.29, 1.82) is 0 Å². The molecular formula is C13H17ClO. The van der Waals surface area contributed by atoms with Crippen LogP contribution in [0.2, 0.25) is 0 Å². The van der Waals surface area contributed by atoms with Gasteiger partial charge >= 0.3 is 0 Å². The molecule has 0 aromatic carbocycles. The van der Waals surface area contributed by atoms with Gasteiger partial charge in [-0.05, 0) is 36.8 Å². The van der Waals surface area contributed by atoms with Crippen LogP contribution < -0.4 is 0 Å². The molecule has 1 nitrogen and oxygen atoms in total. The summed E-state index contributed by atoms with van der Waals surface area (Å²) in [5.41, 5.74) is 2.54. The highest BCUT2D eigenvalue weighted by Gasteiger charge is 2.23. The molecule has 1 fully saturated rings. The van der Waals surface area contributed by atoms with Crippen molar-refractivity contribution in [2.75, 3.05) is 13.2 Å². The first-order chi connectivity index (χ1) is 7.33. The molecule has 0 aromatic rings. The molecular weight excluding hydrogens is 208 g/mol. The number of ether oxygens (including phenoxy) is 1. The van der Waals surface area contributed by atoms with Gasteiger partial charge in [0.25, 0.3) is 0 Å². The molecule has 0 bridgehead atoms. The van der Waals surface area contributed by atoms with Gasteiger partial charge in [-0.3, -0.25) is 0 Å². The van der Waals surface area contributed by atoms with E-state index in [2.05, 4.69) is 12.7 Å². The lowest BCUT2D eigenvalue weighted by Crippen LogP contribution is -2.02. The minimum Gasteiger partial charge on any atom is -0.376 e. The predicted molar refractivity (Wildman–Crippen MR) is 63.9 cm³/mol. The van der Waals surface area contributed by atoms with Crippen molar-refractivity contribution >= 4 is 11.6 Å². The van der Waals surface area contributed by atoms with Gasteiger partial charge in [0.2, 0.25) is 0 Å². The zero-order valence-corrected chi connectivity index (χ0v) is 9.72. The van der Waals surface area contributed by atoms with E-state index in [0.717, 1.165) is 18.1 Å². The van der Waals surface area contributed by atoms with Crippen LogP contribution in [0.5, 0.6) is 0 Å². The summed E-state index contributed by atoms with van der Waals surface area (Å²) in [5, 5.41) is 0.942.